The largest absolute Gasteiger partial charge is 0.381 e. The van der Waals surface area contributed by atoms with Crippen LogP contribution in [0, 0.1) is 17.5 Å². The minimum absolute atomic E-state index is 0.0971. The molecular formula is C17H18F3N. The summed E-state index contributed by atoms with van der Waals surface area (Å²) in [6, 6.07) is 9.28. The maximum atomic E-state index is 13.5. The molecule has 0 spiro atoms. The summed E-state index contributed by atoms with van der Waals surface area (Å²) in [7, 11) is 0. The molecule has 0 aromatic heterocycles. The van der Waals surface area contributed by atoms with Gasteiger partial charge >= 0.3 is 0 Å². The maximum Gasteiger partial charge on any atom is 0.161 e. The van der Waals surface area contributed by atoms with Crippen molar-refractivity contribution in [3.05, 3.63) is 65.0 Å². The van der Waals surface area contributed by atoms with Crippen LogP contribution in [0.15, 0.2) is 36.4 Å². The van der Waals surface area contributed by atoms with Gasteiger partial charge in [0.15, 0.2) is 11.6 Å². The molecule has 0 radical (unpaired) electrons. The highest BCUT2D eigenvalue weighted by Crippen LogP contribution is 2.21. The molecule has 0 aliphatic carbocycles. The Morgan fingerprint density at radius 2 is 1.57 bits per heavy atom. The Morgan fingerprint density at radius 3 is 2.19 bits per heavy atom. The summed E-state index contributed by atoms with van der Waals surface area (Å²) in [4.78, 5) is 0. The fraction of sp³-hybridized carbons (Fsp3) is 0.294. The lowest BCUT2D eigenvalue weighted by Crippen LogP contribution is -2.04. The van der Waals surface area contributed by atoms with Gasteiger partial charge in [-0.3, -0.25) is 0 Å². The molecule has 0 amide bonds. The third-order valence-electron chi connectivity index (χ3n) is 3.66. The molecule has 0 saturated heterocycles. The maximum absolute atomic E-state index is 13.5. The zero-order valence-electron chi connectivity index (χ0n) is 12.1. The fourth-order valence-corrected chi connectivity index (χ4v) is 2.06. The number of hydrogen-bond acceptors (Lipinski definition) is 1. The van der Waals surface area contributed by atoms with Crippen molar-refractivity contribution in [3.8, 4) is 0 Å². The van der Waals surface area contributed by atoms with Crippen LogP contribution in [0.5, 0.6) is 0 Å². The fourth-order valence-electron chi connectivity index (χ4n) is 2.06. The van der Waals surface area contributed by atoms with Crippen LogP contribution in [0.25, 0.3) is 0 Å². The average molecular weight is 293 g/mol. The summed E-state index contributed by atoms with van der Waals surface area (Å²) in [5.41, 5.74) is 2.15. The number of benzene rings is 2. The Morgan fingerprint density at radius 1 is 0.952 bits per heavy atom. The van der Waals surface area contributed by atoms with Crippen molar-refractivity contribution in [3.63, 3.8) is 0 Å². The van der Waals surface area contributed by atoms with Crippen LogP contribution in [-0.4, -0.2) is 0 Å². The molecule has 0 bridgehead atoms. The lowest BCUT2D eigenvalue weighted by molar-refractivity contribution is 0.490. The molecule has 0 aliphatic heterocycles. The van der Waals surface area contributed by atoms with E-state index < -0.39 is 17.5 Å². The quantitative estimate of drug-likeness (QED) is 0.744. The number of hydrogen-bond donors (Lipinski definition) is 1. The van der Waals surface area contributed by atoms with Crippen molar-refractivity contribution in [2.45, 2.75) is 32.7 Å². The van der Waals surface area contributed by atoms with Crippen LogP contribution >= 0.6 is 0 Å². The molecule has 1 nitrogen and oxygen atoms in total. The van der Waals surface area contributed by atoms with E-state index in [1.165, 1.54) is 5.56 Å². The first kappa shape index (κ1) is 15.4. The number of nitrogens with one attached hydrogen (secondary N) is 1. The van der Waals surface area contributed by atoms with Gasteiger partial charge in [0, 0.05) is 23.9 Å². The SMILES string of the molecule is CCC(C)c1ccc(NCc2cc(F)c(F)cc2F)cc1. The van der Waals surface area contributed by atoms with Gasteiger partial charge in [0.25, 0.3) is 0 Å². The molecule has 0 heterocycles. The van der Waals surface area contributed by atoms with Crippen LogP contribution in [-0.2, 0) is 6.54 Å². The van der Waals surface area contributed by atoms with E-state index in [1.54, 1.807) is 0 Å². The molecule has 0 aliphatic rings. The summed E-state index contributed by atoms with van der Waals surface area (Å²) in [6.07, 6.45) is 1.06. The molecule has 2 aromatic rings. The molecule has 1 atom stereocenters. The molecule has 1 unspecified atom stereocenters. The highest BCUT2D eigenvalue weighted by atomic mass is 19.2. The Balaban J connectivity index is 2.05. The van der Waals surface area contributed by atoms with E-state index in [0.717, 1.165) is 18.2 Å². The van der Waals surface area contributed by atoms with Gasteiger partial charge < -0.3 is 5.32 Å². The summed E-state index contributed by atoms with van der Waals surface area (Å²) < 4.78 is 39.4. The smallest absolute Gasteiger partial charge is 0.161 e. The van der Waals surface area contributed by atoms with Gasteiger partial charge in [-0.05, 0) is 36.1 Å². The Labute approximate surface area is 122 Å². The summed E-state index contributed by atoms with van der Waals surface area (Å²) in [6.45, 7) is 4.38. The second-order valence-corrected chi connectivity index (χ2v) is 5.14. The predicted octanol–water partition coefficient (Wildman–Crippen LogP) is 5.23. The van der Waals surface area contributed by atoms with Crippen molar-refractivity contribution in [1.82, 2.24) is 0 Å². The Kier molecular flexibility index (Phi) is 4.89. The normalized spacial score (nSPS) is 12.2. The van der Waals surface area contributed by atoms with Crippen LogP contribution < -0.4 is 5.32 Å². The molecule has 2 aromatic carbocycles. The summed E-state index contributed by atoms with van der Waals surface area (Å²) >= 11 is 0. The van der Waals surface area contributed by atoms with Crippen molar-refractivity contribution >= 4 is 5.69 Å². The van der Waals surface area contributed by atoms with Crippen molar-refractivity contribution in [1.29, 1.82) is 0 Å². The summed E-state index contributed by atoms with van der Waals surface area (Å²) in [5.74, 6) is -2.48. The molecular weight excluding hydrogens is 275 g/mol. The van der Waals surface area contributed by atoms with Gasteiger partial charge in [-0.15, -0.1) is 0 Å². The molecule has 1 N–H and O–H groups in total. The van der Waals surface area contributed by atoms with Gasteiger partial charge in [0.2, 0.25) is 0 Å². The second-order valence-electron chi connectivity index (χ2n) is 5.14. The van der Waals surface area contributed by atoms with Gasteiger partial charge in [-0.2, -0.15) is 0 Å². The zero-order valence-corrected chi connectivity index (χ0v) is 12.1. The van der Waals surface area contributed by atoms with E-state index in [2.05, 4.69) is 19.2 Å². The number of rotatable bonds is 5. The van der Waals surface area contributed by atoms with Crippen LogP contribution in [0.1, 0.15) is 37.3 Å². The van der Waals surface area contributed by atoms with E-state index in [1.807, 2.05) is 24.3 Å². The van der Waals surface area contributed by atoms with Crippen LogP contribution in [0.3, 0.4) is 0 Å². The van der Waals surface area contributed by atoms with Crippen LogP contribution in [0.2, 0.25) is 0 Å². The van der Waals surface area contributed by atoms with Gasteiger partial charge in [0.1, 0.15) is 5.82 Å². The molecule has 112 valence electrons. The van der Waals surface area contributed by atoms with Gasteiger partial charge in [-0.1, -0.05) is 26.0 Å². The van der Waals surface area contributed by atoms with Crippen LogP contribution in [0.4, 0.5) is 18.9 Å². The second kappa shape index (κ2) is 6.66. The topological polar surface area (TPSA) is 12.0 Å². The first-order valence-electron chi connectivity index (χ1n) is 6.98. The van der Waals surface area contributed by atoms with E-state index in [-0.39, 0.29) is 12.1 Å². The Bertz CT molecular complexity index is 608. The van der Waals surface area contributed by atoms with Gasteiger partial charge in [0.05, 0.1) is 0 Å². The third kappa shape index (κ3) is 3.78. The number of anilines is 1. The van der Waals surface area contributed by atoms with E-state index in [0.29, 0.717) is 12.0 Å². The first-order chi connectivity index (χ1) is 10.0. The number of halogens is 3. The molecule has 0 fully saturated rings. The van der Waals surface area contributed by atoms with Crippen molar-refractivity contribution in [2.75, 3.05) is 5.32 Å². The molecule has 21 heavy (non-hydrogen) atoms. The van der Waals surface area contributed by atoms with E-state index in [9.17, 15) is 13.2 Å². The summed E-state index contributed by atoms with van der Waals surface area (Å²) in [5, 5.41) is 3.00. The monoisotopic (exact) mass is 293 g/mol. The predicted molar refractivity (Wildman–Crippen MR) is 78.8 cm³/mol. The van der Waals surface area contributed by atoms with Crippen molar-refractivity contribution in [2.24, 2.45) is 0 Å². The van der Waals surface area contributed by atoms with E-state index >= 15 is 0 Å². The minimum atomic E-state index is -1.17. The van der Waals surface area contributed by atoms with Gasteiger partial charge in [-0.25, -0.2) is 13.2 Å². The highest BCUT2D eigenvalue weighted by Gasteiger charge is 2.09. The Hall–Kier alpha value is -1.97. The highest BCUT2D eigenvalue weighted by molar-refractivity contribution is 5.45. The third-order valence-corrected chi connectivity index (χ3v) is 3.66. The lowest BCUT2D eigenvalue weighted by Gasteiger charge is -2.11. The standard InChI is InChI=1S/C17H18F3N/c1-3-11(2)12-4-6-14(7-5-12)21-10-13-8-16(19)17(20)9-15(13)18/h4-9,11,21H,3,10H2,1-2H3. The first-order valence-corrected chi connectivity index (χ1v) is 6.98. The minimum Gasteiger partial charge on any atom is -0.381 e. The van der Waals surface area contributed by atoms with Crippen molar-refractivity contribution < 1.29 is 13.2 Å². The molecule has 2 rings (SSSR count). The zero-order chi connectivity index (χ0) is 15.4. The van der Waals surface area contributed by atoms with E-state index in [4.69, 9.17) is 0 Å². The molecule has 4 heteroatoms. The lowest BCUT2D eigenvalue weighted by atomic mass is 9.98. The average Bonchev–Trinajstić information content (AvgIpc) is 2.49. The molecule has 0 saturated carbocycles.